The number of hydrogen-bond donors (Lipinski definition) is 0. The number of rotatable bonds is 6. The van der Waals surface area contributed by atoms with Crippen molar-refractivity contribution >= 4 is 11.5 Å². The molecule has 1 aliphatic rings. The first-order valence-electron chi connectivity index (χ1n) is 9.05. The molecule has 0 radical (unpaired) electrons. The van der Waals surface area contributed by atoms with Crippen molar-refractivity contribution in [2.45, 2.75) is 20.4 Å². The Morgan fingerprint density at radius 3 is 2.92 bits per heavy atom. The Bertz CT molecular complexity index is 881. The molecule has 26 heavy (non-hydrogen) atoms. The van der Waals surface area contributed by atoms with Crippen molar-refractivity contribution < 1.29 is 9.47 Å². The van der Waals surface area contributed by atoms with Gasteiger partial charge in [0.1, 0.15) is 0 Å². The third kappa shape index (κ3) is 3.17. The predicted octanol–water partition coefficient (Wildman–Crippen LogP) is 1.77. The van der Waals surface area contributed by atoms with Crippen LogP contribution >= 0.6 is 0 Å². The molecular weight excluding hydrogens is 332 g/mol. The van der Waals surface area contributed by atoms with E-state index in [0.29, 0.717) is 6.61 Å². The summed E-state index contributed by atoms with van der Waals surface area (Å²) in [6.45, 7) is 9.27. The molecule has 0 atom stereocenters. The molecule has 0 unspecified atom stereocenters. The lowest BCUT2D eigenvalue weighted by Gasteiger charge is -2.27. The lowest BCUT2D eigenvalue weighted by molar-refractivity contribution is 0.122. The van der Waals surface area contributed by atoms with Crippen LogP contribution in [-0.2, 0) is 16.0 Å². The third-order valence-corrected chi connectivity index (χ3v) is 4.58. The van der Waals surface area contributed by atoms with E-state index in [1.807, 2.05) is 43.3 Å². The highest BCUT2D eigenvalue weighted by molar-refractivity contribution is 5.73. The summed E-state index contributed by atoms with van der Waals surface area (Å²) < 4.78 is 14.9. The van der Waals surface area contributed by atoms with Gasteiger partial charge in [0.15, 0.2) is 11.5 Å². The van der Waals surface area contributed by atoms with Crippen molar-refractivity contribution in [3.63, 3.8) is 0 Å². The Balaban J connectivity index is 1.69. The summed E-state index contributed by atoms with van der Waals surface area (Å²) in [7, 11) is 0. The summed E-state index contributed by atoms with van der Waals surface area (Å²) in [5.74, 6) is 0.911. The molecule has 1 fully saturated rings. The first-order chi connectivity index (χ1) is 12.8. The second-order valence-corrected chi connectivity index (χ2v) is 6.28. The van der Waals surface area contributed by atoms with Gasteiger partial charge in [-0.05, 0) is 13.8 Å². The van der Waals surface area contributed by atoms with E-state index in [1.165, 1.54) is 0 Å². The van der Waals surface area contributed by atoms with Crippen LogP contribution in [0.3, 0.4) is 0 Å². The maximum Gasteiger partial charge on any atom is 0.181 e. The Labute approximate surface area is 152 Å². The van der Waals surface area contributed by atoms with Gasteiger partial charge in [-0.25, -0.2) is 9.97 Å². The highest BCUT2D eigenvalue weighted by Crippen LogP contribution is 2.28. The van der Waals surface area contributed by atoms with Gasteiger partial charge in [0.2, 0.25) is 0 Å². The molecule has 0 amide bonds. The van der Waals surface area contributed by atoms with Crippen molar-refractivity contribution in [2.75, 3.05) is 44.4 Å². The van der Waals surface area contributed by atoms with E-state index >= 15 is 0 Å². The molecule has 8 nitrogen and oxygen atoms in total. The van der Waals surface area contributed by atoms with Crippen LogP contribution < -0.4 is 4.90 Å². The first-order valence-corrected chi connectivity index (χ1v) is 9.05. The van der Waals surface area contributed by atoms with Crippen LogP contribution in [0.2, 0.25) is 0 Å². The fraction of sp³-hybridized carbons (Fsp3) is 0.500. The topological polar surface area (TPSA) is 69.7 Å². The van der Waals surface area contributed by atoms with Gasteiger partial charge in [-0.2, -0.15) is 5.10 Å². The zero-order chi connectivity index (χ0) is 17.9. The molecule has 0 aromatic carbocycles. The van der Waals surface area contributed by atoms with Crippen LogP contribution in [0.15, 0.2) is 24.8 Å². The first kappa shape index (κ1) is 17.0. The zero-order valence-corrected chi connectivity index (χ0v) is 15.3. The molecule has 1 saturated heterocycles. The third-order valence-electron chi connectivity index (χ3n) is 4.58. The van der Waals surface area contributed by atoms with E-state index in [1.54, 1.807) is 0 Å². The van der Waals surface area contributed by atoms with Crippen LogP contribution in [0.5, 0.6) is 0 Å². The van der Waals surface area contributed by atoms with Crippen molar-refractivity contribution in [3.8, 4) is 11.3 Å². The minimum absolute atomic E-state index is 0.662. The second-order valence-electron chi connectivity index (χ2n) is 6.28. The Morgan fingerprint density at radius 2 is 2.12 bits per heavy atom. The standard InChI is InChI=1S/C18H24N6O2/c1-3-25-11-8-23-13-15(12-20-23)16-14(2)21-18-17(19-4-5-24(16)18)22-6-9-26-10-7-22/h4-5,12-13H,3,6-11H2,1-2H3. The summed E-state index contributed by atoms with van der Waals surface area (Å²) in [4.78, 5) is 11.6. The molecule has 0 bridgehead atoms. The predicted molar refractivity (Wildman–Crippen MR) is 98.5 cm³/mol. The van der Waals surface area contributed by atoms with E-state index in [2.05, 4.69) is 19.4 Å². The van der Waals surface area contributed by atoms with Crippen LogP contribution in [0.1, 0.15) is 12.6 Å². The number of anilines is 1. The molecule has 0 saturated carbocycles. The second kappa shape index (κ2) is 7.43. The van der Waals surface area contributed by atoms with Crippen LogP contribution in [0.4, 0.5) is 5.82 Å². The number of nitrogens with zero attached hydrogens (tertiary/aromatic N) is 6. The van der Waals surface area contributed by atoms with Gasteiger partial charge in [-0.1, -0.05) is 0 Å². The number of ether oxygens (including phenoxy) is 2. The summed E-state index contributed by atoms with van der Waals surface area (Å²) in [6, 6.07) is 0. The van der Waals surface area contributed by atoms with Crippen LogP contribution in [0.25, 0.3) is 16.9 Å². The zero-order valence-electron chi connectivity index (χ0n) is 15.3. The maximum absolute atomic E-state index is 5.46. The summed E-state index contributed by atoms with van der Waals surface area (Å²) >= 11 is 0. The Hall–Kier alpha value is -2.45. The molecule has 3 aromatic rings. The quantitative estimate of drug-likeness (QED) is 0.627. The molecule has 8 heteroatoms. The van der Waals surface area contributed by atoms with Crippen molar-refractivity contribution in [1.82, 2.24) is 24.1 Å². The van der Waals surface area contributed by atoms with E-state index in [4.69, 9.17) is 14.5 Å². The molecule has 4 rings (SSSR count). The lowest BCUT2D eigenvalue weighted by Crippen LogP contribution is -2.37. The minimum Gasteiger partial charge on any atom is -0.380 e. The summed E-state index contributed by atoms with van der Waals surface area (Å²) in [6.07, 6.45) is 7.73. The van der Waals surface area contributed by atoms with Gasteiger partial charge in [-0.3, -0.25) is 9.08 Å². The number of fused-ring (bicyclic) bond motifs is 1. The largest absolute Gasteiger partial charge is 0.380 e. The minimum atomic E-state index is 0.662. The van der Waals surface area contributed by atoms with Gasteiger partial charge >= 0.3 is 0 Å². The molecule has 0 spiro atoms. The van der Waals surface area contributed by atoms with Crippen molar-refractivity contribution in [3.05, 3.63) is 30.5 Å². The highest BCUT2D eigenvalue weighted by Gasteiger charge is 2.20. The van der Waals surface area contributed by atoms with E-state index < -0.39 is 0 Å². The molecule has 1 aliphatic heterocycles. The molecular formula is C18H24N6O2. The maximum atomic E-state index is 5.46. The molecule has 4 heterocycles. The normalized spacial score (nSPS) is 15.1. The molecule has 0 aliphatic carbocycles. The summed E-state index contributed by atoms with van der Waals surface area (Å²) in [5.41, 5.74) is 3.95. The fourth-order valence-electron chi connectivity index (χ4n) is 3.33. The molecule has 138 valence electrons. The van der Waals surface area contributed by atoms with Crippen molar-refractivity contribution in [1.29, 1.82) is 0 Å². The molecule has 3 aromatic heterocycles. The van der Waals surface area contributed by atoms with E-state index in [0.717, 1.165) is 67.9 Å². The summed E-state index contributed by atoms with van der Waals surface area (Å²) in [5, 5.41) is 4.46. The fourth-order valence-corrected chi connectivity index (χ4v) is 3.33. The number of aromatic nitrogens is 5. The number of morpholine rings is 1. The highest BCUT2D eigenvalue weighted by atomic mass is 16.5. The Kier molecular flexibility index (Phi) is 4.85. The van der Waals surface area contributed by atoms with Gasteiger partial charge < -0.3 is 14.4 Å². The number of hydrogen-bond acceptors (Lipinski definition) is 6. The smallest absolute Gasteiger partial charge is 0.181 e. The van der Waals surface area contributed by atoms with Gasteiger partial charge in [0.05, 0.1) is 44.0 Å². The van der Waals surface area contributed by atoms with E-state index in [9.17, 15) is 0 Å². The van der Waals surface area contributed by atoms with Crippen molar-refractivity contribution in [2.24, 2.45) is 0 Å². The monoisotopic (exact) mass is 356 g/mol. The average molecular weight is 356 g/mol. The van der Waals surface area contributed by atoms with Gasteiger partial charge in [0, 0.05) is 43.9 Å². The van der Waals surface area contributed by atoms with Crippen LogP contribution in [-0.4, -0.2) is 63.7 Å². The number of imidazole rings is 1. The van der Waals surface area contributed by atoms with Crippen LogP contribution in [0, 0.1) is 6.92 Å². The Morgan fingerprint density at radius 1 is 1.27 bits per heavy atom. The average Bonchev–Trinajstić information content (AvgIpc) is 3.25. The van der Waals surface area contributed by atoms with Gasteiger partial charge in [-0.15, -0.1) is 0 Å². The van der Waals surface area contributed by atoms with Gasteiger partial charge in [0.25, 0.3) is 0 Å². The SMILES string of the molecule is CCOCCn1cc(-c2c(C)nc3c(N4CCOCC4)nccn23)cn1. The number of aryl methyl sites for hydroxylation is 1. The van der Waals surface area contributed by atoms with E-state index in [-0.39, 0.29) is 0 Å². The lowest BCUT2D eigenvalue weighted by atomic mass is 10.2. The molecule has 0 N–H and O–H groups in total.